The average molecular weight is 293 g/mol. The Balaban J connectivity index is 2.36. The molecule has 0 amide bonds. The molecular weight excluding hydrogens is 276 g/mol. The van der Waals surface area contributed by atoms with Gasteiger partial charge in [0.05, 0.1) is 14.2 Å². The van der Waals surface area contributed by atoms with Gasteiger partial charge in [-0.15, -0.1) is 0 Å². The molecule has 0 radical (unpaired) electrons. The summed E-state index contributed by atoms with van der Waals surface area (Å²) in [5.74, 6) is 1.48. The predicted molar refractivity (Wildman–Crippen MR) is 78.8 cm³/mol. The minimum Gasteiger partial charge on any atom is -0.493 e. The van der Waals surface area contributed by atoms with Crippen molar-refractivity contribution in [2.45, 2.75) is 19.8 Å². The third kappa shape index (κ3) is 3.20. The molecule has 1 heterocycles. The second kappa shape index (κ2) is 6.57. The van der Waals surface area contributed by atoms with Crippen molar-refractivity contribution in [3.05, 3.63) is 46.5 Å². The maximum Gasteiger partial charge on any atom is 0.222 e. The van der Waals surface area contributed by atoms with E-state index in [2.05, 4.69) is 16.9 Å². The molecule has 0 unspecified atom stereocenters. The van der Waals surface area contributed by atoms with E-state index in [1.165, 1.54) is 11.1 Å². The molecule has 5 heteroatoms. The second-order valence-corrected chi connectivity index (χ2v) is 4.70. The summed E-state index contributed by atoms with van der Waals surface area (Å²) in [5, 5.41) is 0.261. The van der Waals surface area contributed by atoms with Gasteiger partial charge in [0.15, 0.2) is 11.5 Å². The van der Waals surface area contributed by atoms with Gasteiger partial charge in [-0.1, -0.05) is 6.92 Å². The van der Waals surface area contributed by atoms with Crippen molar-refractivity contribution in [3.63, 3.8) is 0 Å². The summed E-state index contributed by atoms with van der Waals surface area (Å²) >= 11 is 5.70. The largest absolute Gasteiger partial charge is 0.493 e. The Morgan fingerprint density at radius 1 is 1.00 bits per heavy atom. The van der Waals surface area contributed by atoms with E-state index in [9.17, 15) is 0 Å². The quantitative estimate of drug-likeness (QED) is 0.793. The van der Waals surface area contributed by atoms with Crippen LogP contribution in [0, 0.1) is 0 Å². The fraction of sp³-hybridized carbons (Fsp3) is 0.333. The van der Waals surface area contributed by atoms with Gasteiger partial charge in [0.2, 0.25) is 5.28 Å². The van der Waals surface area contributed by atoms with Crippen LogP contribution < -0.4 is 9.47 Å². The SMILES string of the molecule is CCc1cc(OC)c(OC)cc1Cc1cnc(Cl)nc1. The monoisotopic (exact) mass is 292 g/mol. The van der Waals surface area contributed by atoms with Crippen molar-refractivity contribution in [2.75, 3.05) is 14.2 Å². The molecule has 4 nitrogen and oxygen atoms in total. The number of nitrogens with zero attached hydrogens (tertiary/aromatic N) is 2. The van der Waals surface area contributed by atoms with E-state index in [1.807, 2.05) is 12.1 Å². The van der Waals surface area contributed by atoms with Crippen molar-refractivity contribution in [2.24, 2.45) is 0 Å². The molecule has 1 aromatic heterocycles. The molecule has 0 fully saturated rings. The van der Waals surface area contributed by atoms with Crippen molar-refractivity contribution < 1.29 is 9.47 Å². The smallest absolute Gasteiger partial charge is 0.222 e. The predicted octanol–water partition coefficient (Wildman–Crippen LogP) is 3.30. The van der Waals surface area contributed by atoms with E-state index in [0.29, 0.717) is 0 Å². The van der Waals surface area contributed by atoms with E-state index in [4.69, 9.17) is 21.1 Å². The third-order valence-corrected chi connectivity index (χ3v) is 3.35. The van der Waals surface area contributed by atoms with Gasteiger partial charge in [-0.3, -0.25) is 0 Å². The molecule has 0 saturated heterocycles. The molecule has 0 aliphatic rings. The first-order valence-electron chi connectivity index (χ1n) is 6.38. The van der Waals surface area contributed by atoms with Crippen LogP contribution >= 0.6 is 11.6 Å². The van der Waals surface area contributed by atoms with Crippen molar-refractivity contribution >= 4 is 11.6 Å². The Morgan fingerprint density at radius 2 is 1.55 bits per heavy atom. The summed E-state index contributed by atoms with van der Waals surface area (Å²) < 4.78 is 10.7. The molecule has 0 bridgehead atoms. The summed E-state index contributed by atoms with van der Waals surface area (Å²) in [6.07, 6.45) is 5.14. The van der Waals surface area contributed by atoms with Gasteiger partial charge in [-0.2, -0.15) is 0 Å². The summed E-state index contributed by atoms with van der Waals surface area (Å²) in [5.41, 5.74) is 3.41. The number of hydrogen-bond donors (Lipinski definition) is 0. The van der Waals surface area contributed by atoms with Crippen molar-refractivity contribution in [1.29, 1.82) is 0 Å². The highest BCUT2D eigenvalue weighted by Gasteiger charge is 2.11. The second-order valence-electron chi connectivity index (χ2n) is 4.37. The van der Waals surface area contributed by atoms with E-state index in [1.54, 1.807) is 26.6 Å². The lowest BCUT2D eigenvalue weighted by atomic mass is 9.99. The van der Waals surface area contributed by atoms with Gasteiger partial charge in [0, 0.05) is 18.8 Å². The topological polar surface area (TPSA) is 44.2 Å². The van der Waals surface area contributed by atoms with E-state index in [0.717, 1.165) is 29.9 Å². The molecule has 0 spiro atoms. The molecule has 2 rings (SSSR count). The first-order chi connectivity index (χ1) is 9.67. The Kier molecular flexibility index (Phi) is 4.79. The minimum absolute atomic E-state index is 0.261. The first-order valence-corrected chi connectivity index (χ1v) is 6.76. The third-order valence-electron chi connectivity index (χ3n) is 3.16. The highest BCUT2D eigenvalue weighted by molar-refractivity contribution is 6.28. The lowest BCUT2D eigenvalue weighted by molar-refractivity contribution is 0.354. The van der Waals surface area contributed by atoms with Crippen LogP contribution in [0.25, 0.3) is 0 Å². The molecule has 0 aliphatic heterocycles. The zero-order chi connectivity index (χ0) is 14.5. The van der Waals surface area contributed by atoms with Crippen LogP contribution in [0.5, 0.6) is 11.5 Å². The summed E-state index contributed by atoms with van der Waals surface area (Å²) in [6, 6.07) is 4.03. The van der Waals surface area contributed by atoms with E-state index >= 15 is 0 Å². The number of aryl methyl sites for hydroxylation is 1. The molecule has 0 aliphatic carbocycles. The molecule has 0 atom stereocenters. The molecule has 0 saturated carbocycles. The Hall–Kier alpha value is -1.81. The maximum absolute atomic E-state index is 5.70. The molecule has 1 aromatic carbocycles. The number of methoxy groups -OCH3 is 2. The normalized spacial score (nSPS) is 10.4. The average Bonchev–Trinajstić information content (AvgIpc) is 2.49. The lowest BCUT2D eigenvalue weighted by Crippen LogP contribution is -2.00. The molecule has 106 valence electrons. The number of hydrogen-bond acceptors (Lipinski definition) is 4. The van der Waals surface area contributed by atoms with Crippen molar-refractivity contribution in [3.8, 4) is 11.5 Å². The van der Waals surface area contributed by atoms with Crippen LogP contribution in [0.15, 0.2) is 24.5 Å². The fourth-order valence-corrected chi connectivity index (χ4v) is 2.20. The van der Waals surface area contributed by atoms with Crippen LogP contribution in [-0.4, -0.2) is 24.2 Å². The molecule has 0 N–H and O–H groups in total. The first kappa shape index (κ1) is 14.6. The number of aromatic nitrogens is 2. The number of rotatable bonds is 5. The van der Waals surface area contributed by atoms with Crippen molar-refractivity contribution in [1.82, 2.24) is 9.97 Å². The summed E-state index contributed by atoms with van der Waals surface area (Å²) in [6.45, 7) is 2.11. The van der Waals surface area contributed by atoms with Crippen LogP contribution in [0.2, 0.25) is 5.28 Å². The zero-order valence-electron chi connectivity index (χ0n) is 11.8. The Bertz CT molecular complexity index is 585. The number of ether oxygens (including phenoxy) is 2. The highest BCUT2D eigenvalue weighted by Crippen LogP contribution is 2.31. The van der Waals surface area contributed by atoms with Crippen LogP contribution in [0.4, 0.5) is 0 Å². The van der Waals surface area contributed by atoms with Crippen LogP contribution in [-0.2, 0) is 12.8 Å². The highest BCUT2D eigenvalue weighted by atomic mass is 35.5. The van der Waals surface area contributed by atoms with Crippen LogP contribution in [0.1, 0.15) is 23.6 Å². The van der Waals surface area contributed by atoms with Crippen LogP contribution in [0.3, 0.4) is 0 Å². The molecule has 20 heavy (non-hydrogen) atoms. The zero-order valence-corrected chi connectivity index (χ0v) is 12.6. The van der Waals surface area contributed by atoms with Gasteiger partial charge >= 0.3 is 0 Å². The number of benzene rings is 1. The van der Waals surface area contributed by atoms with Gasteiger partial charge in [0.25, 0.3) is 0 Å². The lowest BCUT2D eigenvalue weighted by Gasteiger charge is -2.14. The Labute approximate surface area is 123 Å². The molecule has 2 aromatic rings. The van der Waals surface area contributed by atoms with Gasteiger partial charge < -0.3 is 9.47 Å². The minimum atomic E-state index is 0.261. The van der Waals surface area contributed by atoms with Gasteiger partial charge in [-0.25, -0.2) is 9.97 Å². The number of halogens is 1. The molecular formula is C15H17ClN2O2. The van der Waals surface area contributed by atoms with Gasteiger partial charge in [0.1, 0.15) is 0 Å². The fourth-order valence-electron chi connectivity index (χ4n) is 2.11. The van der Waals surface area contributed by atoms with Gasteiger partial charge in [-0.05, 0) is 46.8 Å². The standard InChI is InChI=1S/C15H17ClN2O2/c1-4-11-6-13(19-2)14(20-3)7-12(11)5-10-8-17-15(16)18-9-10/h6-9H,4-5H2,1-3H3. The van der Waals surface area contributed by atoms with E-state index in [-0.39, 0.29) is 5.28 Å². The van der Waals surface area contributed by atoms with E-state index < -0.39 is 0 Å². The summed E-state index contributed by atoms with van der Waals surface area (Å²) in [7, 11) is 3.28. The maximum atomic E-state index is 5.70. The summed E-state index contributed by atoms with van der Waals surface area (Å²) in [4.78, 5) is 8.01. The Morgan fingerprint density at radius 3 is 2.05 bits per heavy atom.